The second-order valence-corrected chi connectivity index (χ2v) is 5.18. The smallest absolute Gasteiger partial charge is 0.344 e. The first-order valence-electron chi connectivity index (χ1n) is 6.49. The molecular weight excluding hydrogens is 261 g/mol. The van der Waals surface area contributed by atoms with Crippen LogP contribution in [0.5, 0.6) is 0 Å². The van der Waals surface area contributed by atoms with Crippen LogP contribution in [0.2, 0.25) is 0 Å². The highest BCUT2D eigenvalue weighted by atomic mass is 19.4. The zero-order valence-corrected chi connectivity index (χ0v) is 10.7. The molecule has 0 aromatic carbocycles. The van der Waals surface area contributed by atoms with Crippen molar-refractivity contribution in [1.29, 1.82) is 0 Å². The molecule has 1 aliphatic heterocycles. The average Bonchev–Trinajstić information content (AvgIpc) is 3.08. The van der Waals surface area contributed by atoms with Crippen molar-refractivity contribution in [3.05, 3.63) is 0 Å². The summed E-state index contributed by atoms with van der Waals surface area (Å²) in [5.41, 5.74) is -2.03. The second-order valence-electron chi connectivity index (χ2n) is 5.18. The van der Waals surface area contributed by atoms with Gasteiger partial charge in [-0.3, -0.25) is 9.59 Å². The van der Waals surface area contributed by atoms with Crippen molar-refractivity contribution in [2.24, 2.45) is 0 Å². The van der Waals surface area contributed by atoms with E-state index >= 15 is 0 Å². The van der Waals surface area contributed by atoms with Crippen molar-refractivity contribution in [3.8, 4) is 0 Å². The summed E-state index contributed by atoms with van der Waals surface area (Å²) >= 11 is 0. The minimum atomic E-state index is -4.42. The number of nitrogens with one attached hydrogen (secondary N) is 1. The number of nitrogens with zero attached hydrogens (tertiary/aromatic N) is 1. The third-order valence-corrected chi connectivity index (χ3v) is 3.81. The van der Waals surface area contributed by atoms with Gasteiger partial charge >= 0.3 is 6.18 Å². The lowest BCUT2D eigenvalue weighted by atomic mass is 10.1. The van der Waals surface area contributed by atoms with Gasteiger partial charge in [0.25, 0.3) is 0 Å². The maximum Gasteiger partial charge on any atom is 0.411 e. The summed E-state index contributed by atoms with van der Waals surface area (Å²) in [6, 6.07) is -0.820. The third-order valence-electron chi connectivity index (χ3n) is 3.81. The number of rotatable bonds is 3. The molecule has 1 atom stereocenters. The molecule has 0 spiro atoms. The van der Waals surface area contributed by atoms with Crippen LogP contribution < -0.4 is 5.32 Å². The van der Waals surface area contributed by atoms with Crippen LogP contribution in [0, 0.1) is 0 Å². The Kier molecular flexibility index (Phi) is 3.49. The Bertz CT molecular complexity index is 391. The number of hydrogen-bond acceptors (Lipinski definition) is 2. The van der Waals surface area contributed by atoms with Crippen LogP contribution in [0.4, 0.5) is 13.2 Å². The van der Waals surface area contributed by atoms with E-state index in [0.29, 0.717) is 12.8 Å². The Hall–Kier alpha value is -1.27. The van der Waals surface area contributed by atoms with Gasteiger partial charge < -0.3 is 10.2 Å². The SMILES string of the molecule is CCCC1NC(=O)CCN(C2(C(F)(F)F)CC2)C1=O. The van der Waals surface area contributed by atoms with E-state index in [1.807, 2.05) is 6.92 Å². The van der Waals surface area contributed by atoms with Gasteiger partial charge in [0.1, 0.15) is 11.6 Å². The highest BCUT2D eigenvalue weighted by Gasteiger charge is 2.68. The summed E-state index contributed by atoms with van der Waals surface area (Å²) in [7, 11) is 0. The van der Waals surface area contributed by atoms with Crippen molar-refractivity contribution in [2.45, 2.75) is 56.8 Å². The summed E-state index contributed by atoms with van der Waals surface area (Å²) in [5, 5.41) is 2.51. The highest BCUT2D eigenvalue weighted by Crippen LogP contribution is 2.54. The van der Waals surface area contributed by atoms with E-state index in [1.54, 1.807) is 0 Å². The molecule has 2 fully saturated rings. The first-order valence-corrected chi connectivity index (χ1v) is 6.49. The number of amides is 2. The van der Waals surface area contributed by atoms with Gasteiger partial charge in [-0.05, 0) is 19.3 Å². The van der Waals surface area contributed by atoms with Crippen molar-refractivity contribution >= 4 is 11.8 Å². The molecule has 19 heavy (non-hydrogen) atoms. The lowest BCUT2D eigenvalue weighted by Crippen LogP contribution is -2.55. The summed E-state index contributed by atoms with van der Waals surface area (Å²) in [6.45, 7) is 1.68. The van der Waals surface area contributed by atoms with Gasteiger partial charge in [-0.15, -0.1) is 0 Å². The van der Waals surface area contributed by atoms with Crippen LogP contribution in [0.3, 0.4) is 0 Å². The van der Waals surface area contributed by atoms with E-state index in [2.05, 4.69) is 5.32 Å². The number of halogens is 3. The lowest BCUT2D eigenvalue weighted by Gasteiger charge is -2.34. The average molecular weight is 278 g/mol. The molecule has 0 radical (unpaired) electrons. The minimum Gasteiger partial charge on any atom is -0.344 e. The molecule has 1 saturated carbocycles. The number of alkyl halides is 3. The van der Waals surface area contributed by atoms with Gasteiger partial charge in [0.05, 0.1) is 0 Å². The predicted octanol–water partition coefficient (Wildman–Crippen LogP) is 1.60. The van der Waals surface area contributed by atoms with Crippen LogP contribution >= 0.6 is 0 Å². The van der Waals surface area contributed by atoms with E-state index in [4.69, 9.17) is 0 Å². The quantitative estimate of drug-likeness (QED) is 0.852. The molecule has 2 amide bonds. The normalized spacial score (nSPS) is 26.9. The molecule has 108 valence electrons. The van der Waals surface area contributed by atoms with E-state index in [1.165, 1.54) is 0 Å². The topological polar surface area (TPSA) is 49.4 Å². The number of carbonyl (C=O) groups excluding carboxylic acids is 2. The molecule has 1 aliphatic carbocycles. The molecule has 1 heterocycles. The third kappa shape index (κ3) is 2.42. The monoisotopic (exact) mass is 278 g/mol. The van der Waals surface area contributed by atoms with E-state index in [-0.39, 0.29) is 31.7 Å². The van der Waals surface area contributed by atoms with Gasteiger partial charge in [0.15, 0.2) is 0 Å². The van der Waals surface area contributed by atoms with Crippen molar-refractivity contribution in [2.75, 3.05) is 6.54 Å². The maximum absolute atomic E-state index is 13.1. The molecule has 0 aromatic heterocycles. The van der Waals surface area contributed by atoms with Crippen LogP contribution in [0.25, 0.3) is 0 Å². The molecule has 1 unspecified atom stereocenters. The first kappa shape index (κ1) is 14.1. The fourth-order valence-corrected chi connectivity index (χ4v) is 2.57. The summed E-state index contributed by atoms with van der Waals surface area (Å²) < 4.78 is 39.3. The molecular formula is C12H17F3N2O2. The Labute approximate surface area is 109 Å². The van der Waals surface area contributed by atoms with Crippen molar-refractivity contribution in [3.63, 3.8) is 0 Å². The van der Waals surface area contributed by atoms with Crippen LogP contribution in [-0.2, 0) is 9.59 Å². The Morgan fingerprint density at radius 2 is 2.00 bits per heavy atom. The summed E-state index contributed by atoms with van der Waals surface area (Å²) in [6.07, 6.45) is -3.61. The summed E-state index contributed by atoms with van der Waals surface area (Å²) in [5.74, 6) is -0.949. The van der Waals surface area contributed by atoms with Gasteiger partial charge in [-0.2, -0.15) is 13.2 Å². The molecule has 0 bridgehead atoms. The molecule has 1 N–H and O–H groups in total. The Morgan fingerprint density at radius 1 is 1.37 bits per heavy atom. The van der Waals surface area contributed by atoms with Crippen molar-refractivity contribution in [1.82, 2.24) is 10.2 Å². The molecule has 2 rings (SSSR count). The molecule has 4 nitrogen and oxygen atoms in total. The largest absolute Gasteiger partial charge is 0.411 e. The van der Waals surface area contributed by atoms with E-state index in [0.717, 1.165) is 4.90 Å². The predicted molar refractivity (Wildman–Crippen MR) is 61.2 cm³/mol. The van der Waals surface area contributed by atoms with Gasteiger partial charge in [0.2, 0.25) is 11.8 Å². The number of hydrogen-bond donors (Lipinski definition) is 1. The fraction of sp³-hybridized carbons (Fsp3) is 0.833. The molecule has 2 aliphatic rings. The van der Waals surface area contributed by atoms with Gasteiger partial charge in [0, 0.05) is 13.0 Å². The fourth-order valence-electron chi connectivity index (χ4n) is 2.57. The standard InChI is InChI=1S/C12H17F3N2O2/c1-2-3-8-10(19)17(7-4-9(18)16-8)11(5-6-11)12(13,14)15/h8H,2-7H2,1H3,(H,16,18). The lowest BCUT2D eigenvalue weighted by molar-refractivity contribution is -0.200. The first-order chi connectivity index (χ1) is 8.82. The van der Waals surface area contributed by atoms with E-state index < -0.39 is 23.7 Å². The van der Waals surface area contributed by atoms with Gasteiger partial charge in [-0.25, -0.2) is 0 Å². The van der Waals surface area contributed by atoms with Crippen LogP contribution in [-0.4, -0.2) is 41.0 Å². The van der Waals surface area contributed by atoms with E-state index in [9.17, 15) is 22.8 Å². The summed E-state index contributed by atoms with van der Waals surface area (Å²) in [4.78, 5) is 24.6. The maximum atomic E-state index is 13.1. The second kappa shape index (κ2) is 4.68. The minimum absolute atomic E-state index is 0.0602. The van der Waals surface area contributed by atoms with Gasteiger partial charge in [-0.1, -0.05) is 13.3 Å². The highest BCUT2D eigenvalue weighted by molar-refractivity contribution is 5.90. The Balaban J connectivity index is 2.24. The van der Waals surface area contributed by atoms with Crippen molar-refractivity contribution < 1.29 is 22.8 Å². The zero-order chi connectivity index (χ0) is 14.3. The zero-order valence-electron chi connectivity index (χ0n) is 10.7. The van der Waals surface area contributed by atoms with Crippen LogP contribution in [0.15, 0.2) is 0 Å². The number of carbonyl (C=O) groups is 2. The Morgan fingerprint density at radius 3 is 2.47 bits per heavy atom. The molecule has 1 saturated heterocycles. The van der Waals surface area contributed by atoms with Crippen LogP contribution in [0.1, 0.15) is 39.0 Å². The molecule has 7 heteroatoms. The molecule has 0 aromatic rings.